The molecule has 9 heteroatoms. The molecule has 0 saturated heterocycles. The first-order valence-corrected chi connectivity index (χ1v) is 9.94. The van der Waals surface area contributed by atoms with Gasteiger partial charge in [0.15, 0.2) is 0 Å². The largest absolute Gasteiger partial charge is 0.343 e. The van der Waals surface area contributed by atoms with Crippen molar-refractivity contribution < 1.29 is 14.4 Å². The van der Waals surface area contributed by atoms with Crippen LogP contribution in [0.1, 0.15) is 18.4 Å². The topological polar surface area (TPSA) is 101 Å². The molecule has 0 fully saturated rings. The molecule has 2 aromatic carbocycles. The number of carbonyl (C=O) groups is 3. The molecule has 2 atom stereocenters. The van der Waals surface area contributed by atoms with Gasteiger partial charge in [-0.1, -0.05) is 65.1 Å². The van der Waals surface area contributed by atoms with E-state index in [1.807, 2.05) is 30.3 Å². The second-order valence-electron chi connectivity index (χ2n) is 6.33. The summed E-state index contributed by atoms with van der Waals surface area (Å²) in [6.45, 7) is 0. The number of rotatable bonds is 9. The number of benzene rings is 2. The van der Waals surface area contributed by atoms with Crippen LogP contribution in [0, 0.1) is 0 Å². The first-order chi connectivity index (χ1) is 13.8. The zero-order valence-corrected chi connectivity index (χ0v) is 17.6. The van der Waals surface area contributed by atoms with Crippen LogP contribution in [0.25, 0.3) is 0 Å². The maximum Gasteiger partial charge on any atom is 0.247 e. The highest BCUT2D eigenvalue weighted by Crippen LogP contribution is 2.32. The molecule has 0 aromatic heterocycles. The fraction of sp³-hybridized carbons (Fsp3) is 0.250. The van der Waals surface area contributed by atoms with Crippen molar-refractivity contribution >= 4 is 58.6 Å². The number of halogens is 3. The number of amides is 2. The number of aryl methyl sites for hydroxylation is 1. The Balaban J connectivity index is 2.15. The van der Waals surface area contributed by atoms with E-state index < -0.39 is 23.9 Å². The molecule has 6 nitrogen and oxygen atoms in total. The highest BCUT2D eigenvalue weighted by atomic mass is 35.5. The normalized spacial score (nSPS) is 12.7. The minimum Gasteiger partial charge on any atom is -0.343 e. The molecule has 0 bridgehead atoms. The van der Waals surface area contributed by atoms with E-state index in [0.29, 0.717) is 19.1 Å². The molecule has 2 rings (SSSR count). The van der Waals surface area contributed by atoms with Gasteiger partial charge in [0, 0.05) is 6.42 Å². The van der Waals surface area contributed by atoms with E-state index in [4.69, 9.17) is 40.5 Å². The van der Waals surface area contributed by atoms with Crippen LogP contribution in [0.2, 0.25) is 15.1 Å². The maximum absolute atomic E-state index is 12.8. The van der Waals surface area contributed by atoms with Crippen molar-refractivity contribution in [3.8, 4) is 0 Å². The van der Waals surface area contributed by atoms with Crippen molar-refractivity contribution in [3.05, 3.63) is 63.1 Å². The van der Waals surface area contributed by atoms with E-state index >= 15 is 0 Å². The third kappa shape index (κ3) is 7.01. The maximum atomic E-state index is 12.8. The molecule has 0 aliphatic rings. The van der Waals surface area contributed by atoms with Crippen molar-refractivity contribution in [2.45, 2.75) is 31.3 Å². The number of aldehydes is 1. The molecule has 0 radical (unpaired) electrons. The van der Waals surface area contributed by atoms with Crippen LogP contribution in [0.3, 0.4) is 0 Å². The molecule has 0 saturated carbocycles. The standard InChI is InChI=1S/C20H20Cl3N3O3/c21-13-10-15(23)18(11-14(13)22)26-20(29)17(25-19(28)16(24)8-9-27)7-6-12-4-2-1-3-5-12/h1-5,9-11,16-17H,6-8,24H2,(H,25,28)(H,26,29). The Morgan fingerprint density at radius 2 is 1.66 bits per heavy atom. The zero-order valence-electron chi connectivity index (χ0n) is 15.3. The molecule has 29 heavy (non-hydrogen) atoms. The summed E-state index contributed by atoms with van der Waals surface area (Å²) in [6.07, 6.45) is 1.27. The molecule has 2 aromatic rings. The van der Waals surface area contributed by atoms with E-state index in [-0.39, 0.29) is 27.2 Å². The van der Waals surface area contributed by atoms with Gasteiger partial charge in [-0.05, 0) is 30.5 Å². The predicted molar refractivity (Wildman–Crippen MR) is 115 cm³/mol. The Bertz CT molecular complexity index is 878. The van der Waals surface area contributed by atoms with E-state index in [0.717, 1.165) is 5.56 Å². The first kappa shape index (κ1) is 23.2. The third-order valence-corrected chi connectivity index (χ3v) is 5.19. The number of nitrogens with two attached hydrogens (primary N) is 1. The van der Waals surface area contributed by atoms with Gasteiger partial charge in [-0.2, -0.15) is 0 Å². The molecule has 0 heterocycles. The van der Waals surface area contributed by atoms with Crippen LogP contribution in [0.5, 0.6) is 0 Å². The summed E-state index contributed by atoms with van der Waals surface area (Å²) < 4.78 is 0. The Morgan fingerprint density at radius 3 is 2.31 bits per heavy atom. The van der Waals surface area contributed by atoms with Gasteiger partial charge in [0.05, 0.1) is 26.8 Å². The molecule has 4 N–H and O–H groups in total. The van der Waals surface area contributed by atoms with Gasteiger partial charge in [-0.3, -0.25) is 9.59 Å². The van der Waals surface area contributed by atoms with Crippen molar-refractivity contribution in [2.24, 2.45) is 5.73 Å². The van der Waals surface area contributed by atoms with Crippen LogP contribution >= 0.6 is 34.8 Å². The summed E-state index contributed by atoms with van der Waals surface area (Å²) in [5, 5.41) is 5.94. The minimum atomic E-state index is -1.03. The summed E-state index contributed by atoms with van der Waals surface area (Å²) in [6, 6.07) is 10.4. The minimum absolute atomic E-state index is 0.141. The number of carbonyl (C=O) groups excluding carboxylic acids is 3. The third-order valence-electron chi connectivity index (χ3n) is 4.15. The lowest BCUT2D eigenvalue weighted by molar-refractivity contribution is -0.128. The Kier molecular flexibility index (Phi) is 8.92. The Labute approximate surface area is 183 Å². The van der Waals surface area contributed by atoms with Crippen LogP contribution in [0.4, 0.5) is 5.69 Å². The highest BCUT2D eigenvalue weighted by molar-refractivity contribution is 6.44. The second-order valence-corrected chi connectivity index (χ2v) is 7.55. The Hall–Kier alpha value is -2.12. The summed E-state index contributed by atoms with van der Waals surface area (Å²) in [5.41, 5.74) is 6.94. The molecule has 0 aliphatic heterocycles. The summed E-state index contributed by atoms with van der Waals surface area (Å²) in [7, 11) is 0. The summed E-state index contributed by atoms with van der Waals surface area (Å²) in [5.74, 6) is -1.08. The first-order valence-electron chi connectivity index (χ1n) is 8.80. The van der Waals surface area contributed by atoms with Crippen molar-refractivity contribution in [1.29, 1.82) is 0 Å². The lowest BCUT2D eigenvalue weighted by Crippen LogP contribution is -2.50. The van der Waals surface area contributed by atoms with Gasteiger partial charge >= 0.3 is 0 Å². The molecule has 2 amide bonds. The van der Waals surface area contributed by atoms with Crippen LogP contribution in [0.15, 0.2) is 42.5 Å². The fourth-order valence-electron chi connectivity index (χ4n) is 2.55. The molecule has 0 aliphatic carbocycles. The smallest absolute Gasteiger partial charge is 0.247 e. The van der Waals surface area contributed by atoms with E-state index in [2.05, 4.69) is 10.6 Å². The molecular formula is C20H20Cl3N3O3. The average molecular weight is 457 g/mol. The lowest BCUT2D eigenvalue weighted by Gasteiger charge is -2.21. The van der Waals surface area contributed by atoms with E-state index in [1.165, 1.54) is 12.1 Å². The van der Waals surface area contributed by atoms with Crippen LogP contribution in [-0.2, 0) is 20.8 Å². The molecule has 154 valence electrons. The Morgan fingerprint density at radius 1 is 1.00 bits per heavy atom. The zero-order chi connectivity index (χ0) is 21.4. The van der Waals surface area contributed by atoms with Gasteiger partial charge in [0.25, 0.3) is 0 Å². The number of anilines is 1. The van der Waals surface area contributed by atoms with E-state index in [9.17, 15) is 14.4 Å². The quantitative estimate of drug-likeness (QED) is 0.396. The molecule has 2 unspecified atom stereocenters. The van der Waals surface area contributed by atoms with Gasteiger partial charge in [-0.15, -0.1) is 0 Å². The van der Waals surface area contributed by atoms with Gasteiger partial charge < -0.3 is 21.2 Å². The van der Waals surface area contributed by atoms with Gasteiger partial charge in [0.1, 0.15) is 12.3 Å². The lowest BCUT2D eigenvalue weighted by atomic mass is 10.0. The van der Waals surface area contributed by atoms with Crippen molar-refractivity contribution in [2.75, 3.05) is 5.32 Å². The predicted octanol–water partition coefficient (Wildman–Crippen LogP) is 3.62. The summed E-state index contributed by atoms with van der Waals surface area (Å²) in [4.78, 5) is 35.7. The highest BCUT2D eigenvalue weighted by Gasteiger charge is 2.24. The average Bonchev–Trinajstić information content (AvgIpc) is 2.69. The number of nitrogens with one attached hydrogen (secondary N) is 2. The van der Waals surface area contributed by atoms with Crippen molar-refractivity contribution in [1.82, 2.24) is 5.32 Å². The SMILES string of the molecule is NC(CC=O)C(=O)NC(CCc1ccccc1)C(=O)Nc1cc(Cl)c(Cl)cc1Cl. The van der Waals surface area contributed by atoms with Crippen LogP contribution in [-0.4, -0.2) is 30.2 Å². The second kappa shape index (κ2) is 11.2. The van der Waals surface area contributed by atoms with Gasteiger partial charge in [0.2, 0.25) is 11.8 Å². The van der Waals surface area contributed by atoms with E-state index in [1.54, 1.807) is 0 Å². The van der Waals surface area contributed by atoms with Crippen molar-refractivity contribution in [3.63, 3.8) is 0 Å². The fourth-order valence-corrected chi connectivity index (χ4v) is 3.15. The number of hydrogen-bond donors (Lipinski definition) is 3. The van der Waals surface area contributed by atoms with Crippen LogP contribution < -0.4 is 16.4 Å². The number of hydrogen-bond acceptors (Lipinski definition) is 4. The monoisotopic (exact) mass is 455 g/mol. The molecular weight excluding hydrogens is 437 g/mol. The molecule has 0 spiro atoms. The summed E-state index contributed by atoms with van der Waals surface area (Å²) >= 11 is 18.0. The van der Waals surface area contributed by atoms with Gasteiger partial charge in [-0.25, -0.2) is 0 Å².